The van der Waals surface area contributed by atoms with E-state index in [4.69, 9.17) is 13.0 Å². The monoisotopic (exact) mass is 420 g/mol. The van der Waals surface area contributed by atoms with Crippen molar-refractivity contribution in [2.75, 3.05) is 0 Å². The molecule has 0 aliphatic rings. The normalized spacial score (nSPS) is 9.62. The van der Waals surface area contributed by atoms with Crippen LogP contribution in [-0.2, 0) is 23.3 Å². The van der Waals surface area contributed by atoms with Crippen molar-refractivity contribution < 1.29 is 28.1 Å². The minimum atomic E-state index is -1.42. The van der Waals surface area contributed by atoms with Gasteiger partial charge < -0.3 is 0 Å². The third-order valence-electron chi connectivity index (χ3n) is 2.37. The van der Waals surface area contributed by atoms with Gasteiger partial charge in [-0.15, -0.1) is 0 Å². The quantitative estimate of drug-likeness (QED) is 0.691. The van der Waals surface area contributed by atoms with Crippen LogP contribution in [0.2, 0.25) is 0 Å². The molecule has 0 N–H and O–H groups in total. The molecule has 0 fully saturated rings. The van der Waals surface area contributed by atoms with Gasteiger partial charge in [-0.2, -0.15) is 0 Å². The standard InChI is InChI=1S/C13H11O.ClH.Hg/c1-11-7-9-13(10-8-11)14-12-5-3-2-4-6-12;;/h2-5,7-10H,1H3;1H;/q;;+1/p-1. The maximum atomic E-state index is 6.07. The summed E-state index contributed by atoms with van der Waals surface area (Å²) in [7, 11) is 6.07. The molecule has 0 spiro atoms. The fraction of sp³-hybridized carbons (Fsp3) is 0.0769. The van der Waals surface area contributed by atoms with E-state index in [0.717, 1.165) is 11.5 Å². The number of para-hydroxylation sites is 1. The van der Waals surface area contributed by atoms with E-state index >= 15 is 0 Å². The van der Waals surface area contributed by atoms with Gasteiger partial charge in [0.25, 0.3) is 0 Å². The van der Waals surface area contributed by atoms with Crippen LogP contribution in [0.4, 0.5) is 0 Å². The molecule has 1 nitrogen and oxygen atoms in total. The number of benzene rings is 2. The first kappa shape index (κ1) is 11.9. The van der Waals surface area contributed by atoms with Crippen LogP contribution in [0.3, 0.4) is 0 Å². The zero-order valence-corrected chi connectivity index (χ0v) is 15.4. The predicted molar refractivity (Wildman–Crippen MR) is 63.2 cm³/mol. The van der Waals surface area contributed by atoms with Crippen LogP contribution in [0.1, 0.15) is 5.56 Å². The molecular formula is C13H11ClHgO. The second kappa shape index (κ2) is 5.69. The van der Waals surface area contributed by atoms with Crippen LogP contribution in [0.5, 0.6) is 11.5 Å². The second-order valence-electron chi connectivity index (χ2n) is 3.66. The van der Waals surface area contributed by atoms with Gasteiger partial charge >= 0.3 is 112 Å². The van der Waals surface area contributed by atoms with Gasteiger partial charge in [0.1, 0.15) is 0 Å². The van der Waals surface area contributed by atoms with Crippen molar-refractivity contribution in [2.45, 2.75) is 6.92 Å². The van der Waals surface area contributed by atoms with Gasteiger partial charge in [0.15, 0.2) is 0 Å². The second-order valence-corrected chi connectivity index (χ2v) is 10.0. The summed E-state index contributed by atoms with van der Waals surface area (Å²) < 4.78 is 7.05. The molecule has 0 heterocycles. The fourth-order valence-corrected chi connectivity index (χ4v) is 5.51. The average molecular weight is 419 g/mol. The molecule has 0 aliphatic carbocycles. The number of rotatable bonds is 3. The Morgan fingerprint density at radius 1 is 1.00 bits per heavy atom. The SMILES string of the molecule is Cc1ccc(Oc2cccc[c]2[Hg][Cl])cc1. The van der Waals surface area contributed by atoms with Gasteiger partial charge in [0.2, 0.25) is 0 Å². The molecular weight excluding hydrogens is 408 g/mol. The third kappa shape index (κ3) is 2.99. The summed E-state index contributed by atoms with van der Waals surface area (Å²) in [5.74, 6) is 1.79. The van der Waals surface area contributed by atoms with Gasteiger partial charge in [-0.3, -0.25) is 0 Å². The van der Waals surface area contributed by atoms with Crippen molar-refractivity contribution in [1.82, 2.24) is 0 Å². The molecule has 0 unspecified atom stereocenters. The summed E-state index contributed by atoms with van der Waals surface area (Å²) in [4.78, 5) is 0. The molecule has 3 heteroatoms. The molecule has 78 valence electrons. The fourth-order valence-electron chi connectivity index (χ4n) is 1.45. The van der Waals surface area contributed by atoms with Crippen LogP contribution in [0, 0.1) is 6.92 Å². The Hall–Kier alpha value is -0.535. The number of halogens is 1. The first-order chi connectivity index (χ1) is 7.79. The Kier molecular flexibility index (Phi) is 4.25. The summed E-state index contributed by atoms with van der Waals surface area (Å²) in [6.07, 6.45) is 0. The van der Waals surface area contributed by atoms with E-state index in [0.29, 0.717) is 0 Å². The Labute approximate surface area is 111 Å². The average Bonchev–Trinajstić information content (AvgIpc) is 2.33. The van der Waals surface area contributed by atoms with Gasteiger partial charge in [-0.25, -0.2) is 0 Å². The number of hydrogen-bond donors (Lipinski definition) is 0. The van der Waals surface area contributed by atoms with Crippen molar-refractivity contribution in [3.8, 4) is 11.5 Å². The Bertz CT molecular complexity index is 468. The van der Waals surface area contributed by atoms with E-state index in [1.807, 2.05) is 42.5 Å². The predicted octanol–water partition coefficient (Wildman–Crippen LogP) is 3.65. The molecule has 2 rings (SSSR count). The molecule has 0 atom stereocenters. The number of ether oxygens (including phenoxy) is 1. The van der Waals surface area contributed by atoms with Crippen LogP contribution in [0.25, 0.3) is 0 Å². The van der Waals surface area contributed by atoms with E-state index in [2.05, 4.69) is 13.0 Å². The van der Waals surface area contributed by atoms with E-state index in [9.17, 15) is 0 Å². The van der Waals surface area contributed by atoms with Crippen molar-refractivity contribution in [1.29, 1.82) is 0 Å². The number of hydrogen-bond acceptors (Lipinski definition) is 1. The molecule has 2 aromatic carbocycles. The van der Waals surface area contributed by atoms with Crippen LogP contribution in [0.15, 0.2) is 48.5 Å². The number of aryl methyl sites for hydroxylation is 1. The van der Waals surface area contributed by atoms with Crippen molar-refractivity contribution in [2.24, 2.45) is 0 Å². The van der Waals surface area contributed by atoms with Gasteiger partial charge in [-0.05, 0) is 0 Å². The van der Waals surface area contributed by atoms with E-state index in [-0.39, 0.29) is 0 Å². The van der Waals surface area contributed by atoms with E-state index < -0.39 is 23.3 Å². The zero-order valence-electron chi connectivity index (χ0n) is 9.11. The van der Waals surface area contributed by atoms with Crippen LogP contribution < -0.4 is 7.81 Å². The molecule has 0 aromatic heterocycles. The van der Waals surface area contributed by atoms with E-state index in [1.54, 1.807) is 0 Å². The summed E-state index contributed by atoms with van der Waals surface area (Å²) in [6.45, 7) is 2.06. The molecule has 0 aliphatic heterocycles. The molecule has 16 heavy (non-hydrogen) atoms. The molecule has 0 saturated heterocycles. The van der Waals surface area contributed by atoms with Crippen LogP contribution in [-0.4, -0.2) is 0 Å². The summed E-state index contributed by atoms with van der Waals surface area (Å²) in [6, 6.07) is 16.1. The Morgan fingerprint density at radius 2 is 1.69 bits per heavy atom. The first-order valence-corrected chi connectivity index (χ1v) is 14.7. The zero-order chi connectivity index (χ0) is 11.4. The van der Waals surface area contributed by atoms with Gasteiger partial charge in [0, 0.05) is 0 Å². The van der Waals surface area contributed by atoms with E-state index in [1.165, 1.54) is 8.64 Å². The molecule has 0 amide bonds. The van der Waals surface area contributed by atoms with Crippen molar-refractivity contribution in [3.63, 3.8) is 0 Å². The topological polar surface area (TPSA) is 9.23 Å². The van der Waals surface area contributed by atoms with Crippen LogP contribution >= 0.6 is 8.25 Å². The van der Waals surface area contributed by atoms with Gasteiger partial charge in [0.05, 0.1) is 0 Å². The molecule has 0 radical (unpaired) electrons. The summed E-state index contributed by atoms with van der Waals surface area (Å²) in [5, 5.41) is 0. The summed E-state index contributed by atoms with van der Waals surface area (Å²) >= 11 is -1.42. The summed E-state index contributed by atoms with van der Waals surface area (Å²) in [5.41, 5.74) is 1.23. The molecule has 0 saturated carbocycles. The maximum absolute atomic E-state index is 6.07. The minimum absolute atomic E-state index is 0.872. The van der Waals surface area contributed by atoms with Crippen molar-refractivity contribution >= 4 is 11.3 Å². The van der Waals surface area contributed by atoms with Gasteiger partial charge in [-0.1, -0.05) is 0 Å². The first-order valence-electron chi connectivity index (χ1n) is 5.18. The third-order valence-corrected chi connectivity index (χ3v) is 8.28. The van der Waals surface area contributed by atoms with Crippen molar-refractivity contribution in [3.05, 3.63) is 54.1 Å². The molecule has 2 aromatic rings. The Balaban J connectivity index is 2.23. The Morgan fingerprint density at radius 3 is 2.38 bits per heavy atom. The molecule has 0 bridgehead atoms.